The van der Waals surface area contributed by atoms with Gasteiger partial charge in [-0.25, -0.2) is 0 Å². The highest BCUT2D eigenvalue weighted by Gasteiger charge is 2.13. The second-order valence-electron chi connectivity index (χ2n) is 5.40. The predicted octanol–water partition coefficient (Wildman–Crippen LogP) is 3.29. The SMILES string of the molecule is COc1cc(NC(=O)/C=C/c2cccc(OC(C)=O)c2)cc(OC)c1OC. The number of amides is 1. The zero-order chi connectivity index (χ0) is 19.8. The molecule has 0 aliphatic rings. The molecule has 1 amide bonds. The third-order valence-electron chi connectivity index (χ3n) is 3.48. The Balaban J connectivity index is 2.13. The van der Waals surface area contributed by atoms with Gasteiger partial charge in [-0.3, -0.25) is 9.59 Å². The molecule has 0 atom stereocenters. The quantitative estimate of drug-likeness (QED) is 0.457. The van der Waals surface area contributed by atoms with Crippen molar-refractivity contribution in [3.05, 3.63) is 48.0 Å². The van der Waals surface area contributed by atoms with Gasteiger partial charge in [0.1, 0.15) is 5.75 Å². The van der Waals surface area contributed by atoms with E-state index in [2.05, 4.69) is 5.32 Å². The van der Waals surface area contributed by atoms with E-state index in [1.165, 1.54) is 34.3 Å². The molecule has 0 aromatic heterocycles. The van der Waals surface area contributed by atoms with Crippen molar-refractivity contribution in [1.29, 1.82) is 0 Å². The van der Waals surface area contributed by atoms with E-state index in [4.69, 9.17) is 18.9 Å². The average Bonchev–Trinajstić information content (AvgIpc) is 2.65. The third kappa shape index (κ3) is 5.50. The lowest BCUT2D eigenvalue weighted by atomic mass is 10.2. The summed E-state index contributed by atoms with van der Waals surface area (Å²) in [4.78, 5) is 23.2. The highest BCUT2D eigenvalue weighted by atomic mass is 16.5. The van der Waals surface area contributed by atoms with Crippen LogP contribution in [0.2, 0.25) is 0 Å². The molecule has 0 saturated heterocycles. The monoisotopic (exact) mass is 371 g/mol. The first-order valence-corrected chi connectivity index (χ1v) is 8.04. The summed E-state index contributed by atoms with van der Waals surface area (Å²) in [5.74, 6) is 0.972. The molecular weight excluding hydrogens is 350 g/mol. The molecule has 0 unspecified atom stereocenters. The molecule has 0 saturated carbocycles. The minimum atomic E-state index is -0.406. The lowest BCUT2D eigenvalue weighted by molar-refractivity contribution is -0.131. The first kappa shape index (κ1) is 19.8. The van der Waals surface area contributed by atoms with Crippen LogP contribution in [-0.2, 0) is 9.59 Å². The number of benzene rings is 2. The van der Waals surface area contributed by atoms with E-state index >= 15 is 0 Å². The van der Waals surface area contributed by atoms with Crippen LogP contribution in [0.4, 0.5) is 5.69 Å². The maximum atomic E-state index is 12.2. The summed E-state index contributed by atoms with van der Waals surface area (Å²) in [5, 5.41) is 2.73. The fourth-order valence-corrected chi connectivity index (χ4v) is 2.36. The molecule has 7 heteroatoms. The minimum Gasteiger partial charge on any atom is -0.493 e. The standard InChI is InChI=1S/C20H21NO6/c1-13(22)27-16-7-5-6-14(10-16)8-9-19(23)21-15-11-17(24-2)20(26-4)18(12-15)25-3/h5-12H,1-4H3,(H,21,23)/b9-8+. The lowest BCUT2D eigenvalue weighted by Gasteiger charge is -2.14. The second-order valence-corrected chi connectivity index (χ2v) is 5.40. The number of carbonyl (C=O) groups excluding carboxylic acids is 2. The van der Waals surface area contributed by atoms with Gasteiger partial charge in [0.15, 0.2) is 11.5 Å². The molecule has 7 nitrogen and oxygen atoms in total. The van der Waals surface area contributed by atoms with Gasteiger partial charge in [0.05, 0.1) is 21.3 Å². The zero-order valence-corrected chi connectivity index (χ0v) is 15.6. The molecule has 0 heterocycles. The molecule has 2 aromatic rings. The van der Waals surface area contributed by atoms with Crippen LogP contribution in [0.1, 0.15) is 12.5 Å². The number of nitrogens with one attached hydrogen (secondary N) is 1. The van der Waals surface area contributed by atoms with E-state index < -0.39 is 5.97 Å². The van der Waals surface area contributed by atoms with E-state index in [1.807, 2.05) is 0 Å². The van der Waals surface area contributed by atoms with Crippen molar-refractivity contribution in [1.82, 2.24) is 0 Å². The Bertz CT molecular complexity index is 834. The number of ether oxygens (including phenoxy) is 4. The van der Waals surface area contributed by atoms with E-state index in [0.29, 0.717) is 34.2 Å². The van der Waals surface area contributed by atoms with Gasteiger partial charge in [0.2, 0.25) is 11.7 Å². The molecule has 0 aliphatic heterocycles. The second kappa shape index (κ2) is 9.28. The van der Waals surface area contributed by atoms with Gasteiger partial charge in [0.25, 0.3) is 0 Å². The van der Waals surface area contributed by atoms with Gasteiger partial charge in [-0.1, -0.05) is 12.1 Å². The summed E-state index contributed by atoms with van der Waals surface area (Å²) in [5.41, 5.74) is 1.21. The molecular formula is C20H21NO6. The Morgan fingerprint density at radius 3 is 2.19 bits per heavy atom. The Morgan fingerprint density at radius 1 is 0.963 bits per heavy atom. The summed E-state index contributed by atoms with van der Waals surface area (Å²) in [6.07, 6.45) is 2.98. The van der Waals surface area contributed by atoms with Crippen molar-refractivity contribution in [2.45, 2.75) is 6.92 Å². The van der Waals surface area contributed by atoms with Crippen LogP contribution in [-0.4, -0.2) is 33.2 Å². The van der Waals surface area contributed by atoms with Crippen LogP contribution in [0.15, 0.2) is 42.5 Å². The van der Waals surface area contributed by atoms with Crippen LogP contribution >= 0.6 is 0 Å². The van der Waals surface area contributed by atoms with Crippen molar-refractivity contribution in [2.75, 3.05) is 26.6 Å². The molecule has 2 aromatic carbocycles. The van der Waals surface area contributed by atoms with Gasteiger partial charge < -0.3 is 24.3 Å². The summed E-state index contributed by atoms with van der Waals surface area (Å²) < 4.78 is 20.8. The average molecular weight is 371 g/mol. The summed E-state index contributed by atoms with van der Waals surface area (Å²) in [7, 11) is 4.50. The van der Waals surface area contributed by atoms with E-state index in [1.54, 1.807) is 42.5 Å². The van der Waals surface area contributed by atoms with Crippen molar-refractivity contribution >= 4 is 23.6 Å². The smallest absolute Gasteiger partial charge is 0.308 e. The number of hydrogen-bond acceptors (Lipinski definition) is 6. The van der Waals surface area contributed by atoms with E-state index in [-0.39, 0.29) is 5.91 Å². The van der Waals surface area contributed by atoms with Gasteiger partial charge in [-0.2, -0.15) is 0 Å². The summed E-state index contributed by atoms with van der Waals surface area (Å²) in [6, 6.07) is 10.1. The first-order valence-electron chi connectivity index (χ1n) is 8.04. The zero-order valence-electron chi connectivity index (χ0n) is 15.6. The van der Waals surface area contributed by atoms with E-state index in [0.717, 1.165) is 0 Å². The summed E-state index contributed by atoms with van der Waals surface area (Å²) in [6.45, 7) is 1.33. The van der Waals surface area contributed by atoms with Gasteiger partial charge in [-0.15, -0.1) is 0 Å². The topological polar surface area (TPSA) is 83.1 Å². The highest BCUT2D eigenvalue weighted by Crippen LogP contribution is 2.39. The van der Waals surface area contributed by atoms with Crippen LogP contribution in [0, 0.1) is 0 Å². The molecule has 0 aliphatic carbocycles. The minimum absolute atomic E-state index is 0.345. The number of anilines is 1. The Labute approximate surface area is 157 Å². The summed E-state index contributed by atoms with van der Waals surface area (Å²) >= 11 is 0. The fraction of sp³-hybridized carbons (Fsp3) is 0.200. The molecule has 0 radical (unpaired) electrons. The maximum Gasteiger partial charge on any atom is 0.308 e. The first-order chi connectivity index (χ1) is 13.0. The molecule has 142 valence electrons. The Hall–Kier alpha value is -3.48. The number of methoxy groups -OCH3 is 3. The third-order valence-corrected chi connectivity index (χ3v) is 3.48. The highest BCUT2D eigenvalue weighted by molar-refractivity contribution is 6.02. The fourth-order valence-electron chi connectivity index (χ4n) is 2.36. The molecule has 1 N–H and O–H groups in total. The van der Waals surface area contributed by atoms with Gasteiger partial charge in [-0.05, 0) is 23.8 Å². The van der Waals surface area contributed by atoms with Crippen LogP contribution in [0.5, 0.6) is 23.0 Å². The predicted molar refractivity (Wildman–Crippen MR) is 102 cm³/mol. The molecule has 0 fully saturated rings. The van der Waals surface area contributed by atoms with Gasteiger partial charge in [0, 0.05) is 30.8 Å². The number of esters is 1. The molecule has 27 heavy (non-hydrogen) atoms. The number of rotatable bonds is 7. The molecule has 2 rings (SSSR count). The van der Waals surface area contributed by atoms with Crippen LogP contribution in [0.25, 0.3) is 6.08 Å². The van der Waals surface area contributed by atoms with E-state index in [9.17, 15) is 9.59 Å². The lowest BCUT2D eigenvalue weighted by Crippen LogP contribution is -2.08. The normalized spacial score (nSPS) is 10.4. The van der Waals surface area contributed by atoms with Crippen molar-refractivity contribution in [2.24, 2.45) is 0 Å². The van der Waals surface area contributed by atoms with Gasteiger partial charge >= 0.3 is 5.97 Å². The van der Waals surface area contributed by atoms with Crippen molar-refractivity contribution in [3.63, 3.8) is 0 Å². The van der Waals surface area contributed by atoms with Crippen LogP contribution < -0.4 is 24.3 Å². The Morgan fingerprint density at radius 2 is 1.63 bits per heavy atom. The molecule has 0 spiro atoms. The maximum absolute atomic E-state index is 12.2. The Kier molecular flexibility index (Phi) is 6.82. The van der Waals surface area contributed by atoms with Crippen molar-refractivity contribution < 1.29 is 28.5 Å². The van der Waals surface area contributed by atoms with Crippen LogP contribution in [0.3, 0.4) is 0 Å². The number of hydrogen-bond donors (Lipinski definition) is 1. The largest absolute Gasteiger partial charge is 0.493 e. The number of carbonyl (C=O) groups is 2. The molecule has 0 bridgehead atoms. The van der Waals surface area contributed by atoms with Crippen molar-refractivity contribution in [3.8, 4) is 23.0 Å².